The lowest BCUT2D eigenvalue weighted by atomic mass is 10.1. The SMILES string of the molecule is COc1ccccc1[C@@H](C)NC(=O)C1CC1C(=O)O. The Morgan fingerprint density at radius 1 is 1.37 bits per heavy atom. The largest absolute Gasteiger partial charge is 0.496 e. The highest BCUT2D eigenvalue weighted by Gasteiger charge is 2.48. The number of methoxy groups -OCH3 is 1. The molecule has 2 rings (SSSR count). The average molecular weight is 263 g/mol. The number of carbonyl (C=O) groups excluding carboxylic acids is 1. The second-order valence-corrected chi connectivity index (χ2v) is 4.76. The number of carboxylic acid groups (broad SMARTS) is 1. The number of hydrogen-bond acceptors (Lipinski definition) is 3. The summed E-state index contributed by atoms with van der Waals surface area (Å²) in [6.07, 6.45) is 0.430. The van der Waals surface area contributed by atoms with E-state index >= 15 is 0 Å². The van der Waals surface area contributed by atoms with E-state index < -0.39 is 17.8 Å². The van der Waals surface area contributed by atoms with Crippen molar-refractivity contribution in [2.24, 2.45) is 11.8 Å². The minimum Gasteiger partial charge on any atom is -0.496 e. The lowest BCUT2D eigenvalue weighted by Crippen LogP contribution is -2.29. The Morgan fingerprint density at radius 3 is 2.63 bits per heavy atom. The Balaban J connectivity index is 2.00. The highest BCUT2D eigenvalue weighted by Crippen LogP contribution is 2.39. The summed E-state index contributed by atoms with van der Waals surface area (Å²) in [6.45, 7) is 1.86. The molecule has 1 saturated carbocycles. The van der Waals surface area contributed by atoms with E-state index in [4.69, 9.17) is 9.84 Å². The molecular formula is C14H17NO4. The molecule has 0 heterocycles. The molecular weight excluding hydrogens is 246 g/mol. The first-order valence-corrected chi connectivity index (χ1v) is 6.20. The van der Waals surface area contributed by atoms with Gasteiger partial charge >= 0.3 is 5.97 Å². The molecule has 0 saturated heterocycles. The summed E-state index contributed by atoms with van der Waals surface area (Å²) in [5, 5.41) is 11.6. The fourth-order valence-electron chi connectivity index (χ4n) is 2.18. The Hall–Kier alpha value is -2.04. The van der Waals surface area contributed by atoms with Gasteiger partial charge in [0.05, 0.1) is 25.0 Å². The maximum absolute atomic E-state index is 11.9. The van der Waals surface area contributed by atoms with Gasteiger partial charge in [-0.1, -0.05) is 18.2 Å². The molecule has 102 valence electrons. The third-order valence-corrected chi connectivity index (χ3v) is 3.41. The van der Waals surface area contributed by atoms with Gasteiger partial charge in [-0.3, -0.25) is 9.59 Å². The van der Waals surface area contributed by atoms with Crippen molar-refractivity contribution in [3.8, 4) is 5.75 Å². The normalized spacial score (nSPS) is 22.4. The molecule has 1 fully saturated rings. The van der Waals surface area contributed by atoms with Gasteiger partial charge in [0.15, 0.2) is 0 Å². The van der Waals surface area contributed by atoms with Crippen LogP contribution in [0.2, 0.25) is 0 Å². The van der Waals surface area contributed by atoms with Gasteiger partial charge in [0.2, 0.25) is 5.91 Å². The topological polar surface area (TPSA) is 75.6 Å². The molecule has 1 aliphatic rings. The molecule has 1 aromatic carbocycles. The van der Waals surface area contributed by atoms with E-state index in [1.165, 1.54) is 0 Å². The van der Waals surface area contributed by atoms with Gasteiger partial charge in [0, 0.05) is 5.56 Å². The maximum Gasteiger partial charge on any atom is 0.307 e. The Morgan fingerprint density at radius 2 is 2.05 bits per heavy atom. The van der Waals surface area contributed by atoms with Crippen LogP contribution < -0.4 is 10.1 Å². The third-order valence-electron chi connectivity index (χ3n) is 3.41. The summed E-state index contributed by atoms with van der Waals surface area (Å²) < 4.78 is 5.24. The summed E-state index contributed by atoms with van der Waals surface area (Å²) in [5.41, 5.74) is 0.880. The number of nitrogens with one attached hydrogen (secondary N) is 1. The number of rotatable bonds is 5. The third kappa shape index (κ3) is 2.86. The van der Waals surface area contributed by atoms with Crippen molar-refractivity contribution in [2.45, 2.75) is 19.4 Å². The lowest BCUT2D eigenvalue weighted by molar-refractivity contribution is -0.140. The zero-order valence-electron chi connectivity index (χ0n) is 10.9. The van der Waals surface area contributed by atoms with Gasteiger partial charge in [0.25, 0.3) is 0 Å². The molecule has 5 heteroatoms. The van der Waals surface area contributed by atoms with Crippen molar-refractivity contribution < 1.29 is 19.4 Å². The molecule has 0 spiro atoms. The van der Waals surface area contributed by atoms with Gasteiger partial charge in [0.1, 0.15) is 5.75 Å². The zero-order chi connectivity index (χ0) is 14.0. The standard InChI is InChI=1S/C14H17NO4/c1-8(9-5-3-4-6-12(9)19-2)15-13(16)10-7-11(10)14(17)18/h3-6,8,10-11H,7H2,1-2H3,(H,15,16)(H,17,18)/t8-,10?,11?/m1/s1. The highest BCUT2D eigenvalue weighted by atomic mass is 16.5. The van der Waals surface area contributed by atoms with Crippen LogP contribution in [-0.4, -0.2) is 24.1 Å². The summed E-state index contributed by atoms with van der Waals surface area (Å²) in [4.78, 5) is 22.6. The van der Waals surface area contributed by atoms with Gasteiger partial charge in [-0.25, -0.2) is 0 Å². The molecule has 1 aliphatic carbocycles. The number of para-hydroxylation sites is 1. The molecule has 3 atom stereocenters. The molecule has 1 aromatic rings. The van der Waals surface area contributed by atoms with Crippen LogP contribution >= 0.6 is 0 Å². The molecule has 0 radical (unpaired) electrons. The number of amides is 1. The Labute approximate surface area is 111 Å². The minimum absolute atomic E-state index is 0.203. The average Bonchev–Trinajstić information content (AvgIpc) is 3.19. The van der Waals surface area contributed by atoms with Crippen molar-refractivity contribution in [3.05, 3.63) is 29.8 Å². The number of carbonyl (C=O) groups is 2. The van der Waals surface area contributed by atoms with Gasteiger partial charge in [-0.15, -0.1) is 0 Å². The van der Waals surface area contributed by atoms with Crippen molar-refractivity contribution in [3.63, 3.8) is 0 Å². The van der Waals surface area contributed by atoms with Crippen LogP contribution in [0.4, 0.5) is 0 Å². The second-order valence-electron chi connectivity index (χ2n) is 4.76. The summed E-state index contributed by atoms with van der Waals surface area (Å²) in [7, 11) is 1.58. The van der Waals surface area contributed by atoms with Crippen LogP contribution in [0.3, 0.4) is 0 Å². The number of aliphatic carboxylic acids is 1. The van der Waals surface area contributed by atoms with Crippen molar-refractivity contribution in [1.29, 1.82) is 0 Å². The van der Waals surface area contributed by atoms with Crippen LogP contribution in [0, 0.1) is 11.8 Å². The molecule has 0 aliphatic heterocycles. The van der Waals surface area contributed by atoms with Crippen LogP contribution in [0.15, 0.2) is 24.3 Å². The molecule has 1 amide bonds. The van der Waals surface area contributed by atoms with E-state index in [-0.39, 0.29) is 11.9 Å². The van der Waals surface area contributed by atoms with E-state index in [0.29, 0.717) is 12.2 Å². The smallest absolute Gasteiger partial charge is 0.307 e. The van der Waals surface area contributed by atoms with Crippen LogP contribution in [0.5, 0.6) is 5.75 Å². The first-order chi connectivity index (χ1) is 9.04. The number of carboxylic acids is 1. The fourth-order valence-corrected chi connectivity index (χ4v) is 2.18. The van der Waals surface area contributed by atoms with Gasteiger partial charge in [-0.05, 0) is 19.4 Å². The predicted octanol–water partition coefficient (Wildman–Crippen LogP) is 1.59. The highest BCUT2D eigenvalue weighted by molar-refractivity contribution is 5.89. The fraction of sp³-hybridized carbons (Fsp3) is 0.429. The zero-order valence-corrected chi connectivity index (χ0v) is 10.9. The van der Waals surface area contributed by atoms with Gasteiger partial charge < -0.3 is 15.2 Å². The first kappa shape index (κ1) is 13.4. The van der Waals surface area contributed by atoms with E-state index in [2.05, 4.69) is 5.32 Å². The van der Waals surface area contributed by atoms with E-state index in [0.717, 1.165) is 5.56 Å². The van der Waals surface area contributed by atoms with E-state index in [9.17, 15) is 9.59 Å². The van der Waals surface area contributed by atoms with E-state index in [1.807, 2.05) is 31.2 Å². The molecule has 2 unspecified atom stereocenters. The summed E-state index contributed by atoms with van der Waals surface area (Å²) >= 11 is 0. The van der Waals surface area contributed by atoms with E-state index in [1.54, 1.807) is 7.11 Å². The Bertz CT molecular complexity index is 500. The van der Waals surface area contributed by atoms with Gasteiger partial charge in [-0.2, -0.15) is 0 Å². The number of benzene rings is 1. The van der Waals surface area contributed by atoms with Crippen molar-refractivity contribution in [1.82, 2.24) is 5.32 Å². The van der Waals surface area contributed by atoms with Crippen molar-refractivity contribution >= 4 is 11.9 Å². The molecule has 19 heavy (non-hydrogen) atoms. The maximum atomic E-state index is 11.9. The minimum atomic E-state index is -0.898. The Kier molecular flexibility index (Phi) is 3.74. The molecule has 0 aromatic heterocycles. The molecule has 5 nitrogen and oxygen atoms in total. The lowest BCUT2D eigenvalue weighted by Gasteiger charge is -2.17. The summed E-state index contributed by atoms with van der Waals surface area (Å²) in [6, 6.07) is 7.23. The second kappa shape index (κ2) is 5.30. The number of hydrogen-bond donors (Lipinski definition) is 2. The van der Waals surface area contributed by atoms with Crippen LogP contribution in [-0.2, 0) is 9.59 Å². The van der Waals surface area contributed by atoms with Crippen molar-refractivity contribution in [2.75, 3.05) is 7.11 Å². The quantitative estimate of drug-likeness (QED) is 0.846. The molecule has 2 N–H and O–H groups in total. The summed E-state index contributed by atoms with van der Waals surface area (Å²) in [5.74, 6) is -1.31. The predicted molar refractivity (Wildman–Crippen MR) is 68.8 cm³/mol. The van der Waals surface area contributed by atoms with Crippen LogP contribution in [0.25, 0.3) is 0 Å². The monoisotopic (exact) mass is 263 g/mol. The molecule has 0 bridgehead atoms. The van der Waals surface area contributed by atoms with Crippen LogP contribution in [0.1, 0.15) is 24.9 Å². The number of ether oxygens (including phenoxy) is 1. The first-order valence-electron chi connectivity index (χ1n) is 6.20.